The largest absolute Gasteiger partial charge is 0.748 e. The Hall–Kier alpha value is -1.84. The highest BCUT2D eigenvalue weighted by molar-refractivity contribution is 7.85. The predicted octanol–water partition coefficient (Wildman–Crippen LogP) is 2.84. The van der Waals surface area contributed by atoms with Crippen LogP contribution in [0.2, 0.25) is 0 Å². The standard InChI is InChI=1S/C15H20N4O3S2/c1-18(2)14-7-5-13(6-8-14)16-17-15-19(10-11-23-15)9-3-4-12-24(20,21)22/h5-8,10-11H,3-4,9,12H2,1-2H3. The number of hydrogen-bond donors (Lipinski definition) is 0. The summed E-state index contributed by atoms with van der Waals surface area (Å²) in [6, 6.07) is 7.74. The molecule has 1 aromatic heterocycles. The van der Waals surface area contributed by atoms with Crippen molar-refractivity contribution in [1.29, 1.82) is 0 Å². The molecule has 130 valence electrons. The van der Waals surface area contributed by atoms with Crippen LogP contribution in [0, 0.1) is 0 Å². The van der Waals surface area contributed by atoms with Gasteiger partial charge in [0.15, 0.2) is 0 Å². The number of aromatic nitrogens is 1. The molecule has 9 heteroatoms. The van der Waals surface area contributed by atoms with Gasteiger partial charge in [0.05, 0.1) is 21.8 Å². The van der Waals surface area contributed by atoms with Crippen LogP contribution in [-0.2, 0) is 16.7 Å². The topological polar surface area (TPSA) is 89.0 Å². The zero-order valence-electron chi connectivity index (χ0n) is 13.6. The van der Waals surface area contributed by atoms with Gasteiger partial charge < -0.3 is 9.45 Å². The molecule has 0 amide bonds. The van der Waals surface area contributed by atoms with Gasteiger partial charge in [-0.05, 0) is 53.6 Å². The average Bonchev–Trinajstić information content (AvgIpc) is 2.96. The van der Waals surface area contributed by atoms with Crippen LogP contribution in [0.5, 0.6) is 0 Å². The molecular formula is C15H20N4O3S2. The second-order valence-corrected chi connectivity index (χ2v) is 7.86. The van der Waals surface area contributed by atoms with Crippen molar-refractivity contribution in [3.63, 3.8) is 0 Å². The Bertz CT molecular complexity index is 783. The van der Waals surface area contributed by atoms with E-state index < -0.39 is 10.1 Å². The lowest BCUT2D eigenvalue weighted by atomic mass is 10.3. The molecular weight excluding hydrogens is 348 g/mol. The maximum Gasteiger partial charge on any atom is 0.408 e. The molecule has 1 aromatic carbocycles. The van der Waals surface area contributed by atoms with Crippen LogP contribution in [-0.4, -0.2) is 32.8 Å². The van der Waals surface area contributed by atoms with E-state index in [1.807, 2.05) is 59.4 Å². The van der Waals surface area contributed by atoms with Crippen molar-refractivity contribution in [2.24, 2.45) is 10.2 Å². The van der Waals surface area contributed by atoms with E-state index in [0.717, 1.165) is 16.5 Å². The molecule has 0 aliphatic rings. The first-order valence-electron chi connectivity index (χ1n) is 7.45. The zero-order chi connectivity index (χ0) is 17.6. The van der Waals surface area contributed by atoms with Gasteiger partial charge in [0.2, 0.25) is 0 Å². The molecule has 0 spiro atoms. The molecule has 2 aromatic rings. The van der Waals surface area contributed by atoms with Gasteiger partial charge in [0, 0.05) is 30.9 Å². The molecule has 1 heterocycles. The van der Waals surface area contributed by atoms with E-state index in [4.69, 9.17) is 0 Å². The average molecular weight is 368 g/mol. The predicted molar refractivity (Wildman–Crippen MR) is 93.3 cm³/mol. The van der Waals surface area contributed by atoms with E-state index in [0.29, 0.717) is 19.4 Å². The van der Waals surface area contributed by atoms with Crippen LogP contribution in [0.3, 0.4) is 0 Å². The number of azo groups is 1. The molecule has 0 saturated carbocycles. The fraction of sp³-hybridized carbons (Fsp3) is 0.400. The summed E-state index contributed by atoms with van der Waals surface area (Å²) in [7, 11) is -0.183. The van der Waals surface area contributed by atoms with Crippen molar-refractivity contribution in [3.8, 4) is 0 Å². The fourth-order valence-corrected chi connectivity index (χ4v) is 3.29. The number of benzene rings is 1. The highest BCUT2D eigenvalue weighted by Gasteiger charge is 2.11. The summed E-state index contributed by atoms with van der Waals surface area (Å²) in [5, 5.41) is 11.1. The van der Waals surface area contributed by atoms with Gasteiger partial charge in [-0.2, -0.15) is 0 Å². The third-order valence-electron chi connectivity index (χ3n) is 3.32. The molecule has 0 atom stereocenters. The summed E-state index contributed by atoms with van der Waals surface area (Å²) in [6.45, 7) is 0.604. The second kappa shape index (κ2) is 8.32. The Kier molecular flexibility index (Phi) is 6.41. The SMILES string of the molecule is CN(C)c1ccc(N=Nc2scc[n+]2CCCCS(=O)(=O)[O-])cc1. The zero-order valence-corrected chi connectivity index (χ0v) is 15.3. The highest BCUT2D eigenvalue weighted by Crippen LogP contribution is 2.21. The number of nitrogens with zero attached hydrogens (tertiary/aromatic N) is 4. The Balaban J connectivity index is 1.94. The molecule has 0 saturated heterocycles. The summed E-state index contributed by atoms with van der Waals surface area (Å²) in [5.74, 6) is -0.327. The van der Waals surface area contributed by atoms with Gasteiger partial charge >= 0.3 is 5.13 Å². The van der Waals surface area contributed by atoms with Gasteiger partial charge in [-0.1, -0.05) is 0 Å². The maximum atomic E-state index is 10.6. The van der Waals surface area contributed by atoms with Crippen molar-refractivity contribution in [3.05, 3.63) is 35.8 Å². The molecule has 0 radical (unpaired) electrons. The summed E-state index contributed by atoms with van der Waals surface area (Å²) in [6.07, 6.45) is 2.82. The number of unbranched alkanes of at least 4 members (excludes halogenated alkanes) is 1. The highest BCUT2D eigenvalue weighted by atomic mass is 32.2. The minimum Gasteiger partial charge on any atom is -0.748 e. The first-order chi connectivity index (χ1) is 11.3. The summed E-state index contributed by atoms with van der Waals surface area (Å²) in [5.41, 5.74) is 1.85. The van der Waals surface area contributed by atoms with E-state index in [-0.39, 0.29) is 5.75 Å². The molecule has 0 bridgehead atoms. The third kappa shape index (κ3) is 5.99. The van der Waals surface area contributed by atoms with Crippen LogP contribution in [0.15, 0.2) is 46.1 Å². The van der Waals surface area contributed by atoms with Crippen molar-refractivity contribution in [2.45, 2.75) is 19.4 Å². The van der Waals surface area contributed by atoms with E-state index in [2.05, 4.69) is 10.2 Å². The van der Waals surface area contributed by atoms with Gasteiger partial charge in [-0.3, -0.25) is 0 Å². The molecule has 0 aliphatic carbocycles. The number of aryl methyl sites for hydroxylation is 1. The Labute approximate surface area is 146 Å². The minimum absolute atomic E-state index is 0.327. The number of hydrogen-bond acceptors (Lipinski definition) is 7. The first-order valence-corrected chi connectivity index (χ1v) is 9.90. The normalized spacial score (nSPS) is 12.0. The summed E-state index contributed by atoms with van der Waals surface area (Å²) in [4.78, 5) is 2.01. The van der Waals surface area contributed by atoms with E-state index >= 15 is 0 Å². The van der Waals surface area contributed by atoms with Crippen molar-refractivity contribution in [2.75, 3.05) is 24.7 Å². The van der Waals surface area contributed by atoms with Gasteiger partial charge in [-0.25, -0.2) is 13.0 Å². The van der Waals surface area contributed by atoms with Crippen LogP contribution in [0.4, 0.5) is 16.5 Å². The van der Waals surface area contributed by atoms with Crippen LogP contribution in [0.25, 0.3) is 0 Å². The van der Waals surface area contributed by atoms with Crippen molar-refractivity contribution >= 4 is 38.0 Å². The molecule has 0 aliphatic heterocycles. The van der Waals surface area contributed by atoms with E-state index in [1.165, 1.54) is 11.3 Å². The first kappa shape index (κ1) is 18.5. The van der Waals surface area contributed by atoms with Crippen LogP contribution >= 0.6 is 11.3 Å². The van der Waals surface area contributed by atoms with Crippen LogP contribution < -0.4 is 9.47 Å². The lowest BCUT2D eigenvalue weighted by Gasteiger charge is -2.11. The Morgan fingerprint density at radius 1 is 1.17 bits per heavy atom. The van der Waals surface area contributed by atoms with Gasteiger partial charge in [0.25, 0.3) is 0 Å². The second-order valence-electron chi connectivity index (χ2n) is 5.46. The number of thiazole rings is 1. The van der Waals surface area contributed by atoms with Gasteiger partial charge in [-0.15, -0.1) is 0 Å². The number of anilines is 1. The third-order valence-corrected chi connectivity index (χ3v) is 4.89. The van der Waals surface area contributed by atoms with E-state index in [1.54, 1.807) is 0 Å². The van der Waals surface area contributed by atoms with Crippen LogP contribution in [0.1, 0.15) is 12.8 Å². The Morgan fingerprint density at radius 2 is 1.88 bits per heavy atom. The summed E-state index contributed by atoms with van der Waals surface area (Å²) < 4.78 is 33.7. The van der Waals surface area contributed by atoms with E-state index in [9.17, 15) is 13.0 Å². The van der Waals surface area contributed by atoms with Crippen molar-refractivity contribution < 1.29 is 17.5 Å². The molecule has 0 fully saturated rings. The molecule has 0 N–H and O–H groups in total. The molecule has 2 rings (SSSR count). The number of rotatable bonds is 8. The lowest BCUT2D eigenvalue weighted by Crippen LogP contribution is -2.31. The lowest BCUT2D eigenvalue weighted by molar-refractivity contribution is -0.680. The Morgan fingerprint density at radius 3 is 2.50 bits per heavy atom. The van der Waals surface area contributed by atoms with Crippen molar-refractivity contribution in [1.82, 2.24) is 0 Å². The summed E-state index contributed by atoms with van der Waals surface area (Å²) >= 11 is 1.45. The monoisotopic (exact) mass is 368 g/mol. The quantitative estimate of drug-likeness (QED) is 0.310. The smallest absolute Gasteiger partial charge is 0.408 e. The molecule has 7 nitrogen and oxygen atoms in total. The fourth-order valence-electron chi connectivity index (χ4n) is 2.03. The van der Waals surface area contributed by atoms with Gasteiger partial charge in [0.1, 0.15) is 11.9 Å². The molecule has 24 heavy (non-hydrogen) atoms. The minimum atomic E-state index is -4.13. The maximum absolute atomic E-state index is 10.6. The molecule has 0 unspecified atom stereocenters.